The molecular formula is C14H21NO2. The van der Waals surface area contributed by atoms with E-state index in [1.165, 1.54) is 0 Å². The van der Waals surface area contributed by atoms with Crippen molar-refractivity contribution in [3.05, 3.63) is 29.8 Å². The van der Waals surface area contributed by atoms with E-state index >= 15 is 0 Å². The third kappa shape index (κ3) is 2.79. The summed E-state index contributed by atoms with van der Waals surface area (Å²) in [6.45, 7) is 5.24. The highest BCUT2D eigenvalue weighted by atomic mass is 16.3. The van der Waals surface area contributed by atoms with Crippen molar-refractivity contribution in [2.45, 2.75) is 38.4 Å². The zero-order valence-corrected chi connectivity index (χ0v) is 10.6. The Bertz CT molecular complexity index is 388. The van der Waals surface area contributed by atoms with Gasteiger partial charge in [-0.3, -0.25) is 0 Å². The molecule has 2 rings (SSSR count). The van der Waals surface area contributed by atoms with Crippen molar-refractivity contribution in [3.63, 3.8) is 0 Å². The molecule has 1 aliphatic heterocycles. The molecule has 0 saturated carbocycles. The molecule has 1 aliphatic rings. The minimum absolute atomic E-state index is 0.474. The standard InChI is InChI=1S/C14H21NO2/c1-11(16)12-6-3-4-7-13(12)15-9-5-8-14(2,17)10-15/h3-4,6-7,11,16-17H,5,8-10H2,1-2H3/t11-,14?/m0/s1. The smallest absolute Gasteiger partial charge is 0.0794 e. The molecule has 1 unspecified atom stereocenters. The summed E-state index contributed by atoms with van der Waals surface area (Å²) in [4.78, 5) is 2.17. The Morgan fingerprint density at radius 1 is 1.35 bits per heavy atom. The molecule has 2 atom stereocenters. The van der Waals surface area contributed by atoms with Crippen LogP contribution in [-0.4, -0.2) is 28.9 Å². The summed E-state index contributed by atoms with van der Waals surface area (Å²) in [5.74, 6) is 0. The molecule has 1 fully saturated rings. The zero-order chi connectivity index (χ0) is 12.5. The Morgan fingerprint density at radius 2 is 2.06 bits per heavy atom. The molecule has 3 nitrogen and oxygen atoms in total. The maximum Gasteiger partial charge on any atom is 0.0794 e. The topological polar surface area (TPSA) is 43.7 Å². The van der Waals surface area contributed by atoms with Gasteiger partial charge in [0, 0.05) is 24.3 Å². The second-order valence-corrected chi connectivity index (χ2v) is 5.26. The van der Waals surface area contributed by atoms with Crippen molar-refractivity contribution in [2.24, 2.45) is 0 Å². The highest BCUT2D eigenvalue weighted by Gasteiger charge is 2.29. The van der Waals surface area contributed by atoms with Crippen molar-refractivity contribution in [2.75, 3.05) is 18.0 Å². The number of rotatable bonds is 2. The molecule has 0 radical (unpaired) electrons. The van der Waals surface area contributed by atoms with Crippen LogP contribution in [0.5, 0.6) is 0 Å². The van der Waals surface area contributed by atoms with Gasteiger partial charge in [-0.15, -0.1) is 0 Å². The van der Waals surface area contributed by atoms with Crippen molar-refractivity contribution >= 4 is 5.69 Å². The van der Waals surface area contributed by atoms with Crippen LogP contribution < -0.4 is 4.90 Å². The number of hydrogen-bond acceptors (Lipinski definition) is 3. The Morgan fingerprint density at radius 3 is 2.71 bits per heavy atom. The van der Waals surface area contributed by atoms with E-state index in [-0.39, 0.29) is 0 Å². The molecule has 94 valence electrons. The van der Waals surface area contributed by atoms with Gasteiger partial charge >= 0.3 is 0 Å². The van der Waals surface area contributed by atoms with Gasteiger partial charge in [0.1, 0.15) is 0 Å². The normalized spacial score (nSPS) is 26.9. The quantitative estimate of drug-likeness (QED) is 0.825. The number of aliphatic hydroxyl groups is 2. The predicted octanol–water partition coefficient (Wildman–Crippen LogP) is 2.09. The third-order valence-corrected chi connectivity index (χ3v) is 3.40. The average Bonchev–Trinajstić information content (AvgIpc) is 2.27. The highest BCUT2D eigenvalue weighted by Crippen LogP contribution is 2.30. The Kier molecular flexibility index (Phi) is 3.40. The summed E-state index contributed by atoms with van der Waals surface area (Å²) < 4.78 is 0. The lowest BCUT2D eigenvalue weighted by Crippen LogP contribution is -2.46. The van der Waals surface area contributed by atoms with Gasteiger partial charge in [-0.2, -0.15) is 0 Å². The van der Waals surface area contributed by atoms with E-state index in [0.717, 1.165) is 30.6 Å². The van der Waals surface area contributed by atoms with Crippen LogP contribution in [0.15, 0.2) is 24.3 Å². The first-order chi connectivity index (χ1) is 7.99. The van der Waals surface area contributed by atoms with Crippen molar-refractivity contribution in [1.29, 1.82) is 0 Å². The Hall–Kier alpha value is -1.06. The van der Waals surface area contributed by atoms with Crippen LogP contribution in [0.25, 0.3) is 0 Å². The summed E-state index contributed by atoms with van der Waals surface area (Å²) >= 11 is 0. The van der Waals surface area contributed by atoms with Crippen LogP contribution in [0.3, 0.4) is 0 Å². The summed E-state index contributed by atoms with van der Waals surface area (Å²) in [6.07, 6.45) is 1.36. The van der Waals surface area contributed by atoms with Gasteiger partial charge in [0.2, 0.25) is 0 Å². The fourth-order valence-corrected chi connectivity index (χ4v) is 2.55. The molecule has 0 spiro atoms. The largest absolute Gasteiger partial charge is 0.389 e. The SMILES string of the molecule is C[C@H](O)c1ccccc1N1CCCC(C)(O)C1. The van der Waals surface area contributed by atoms with E-state index in [9.17, 15) is 10.2 Å². The van der Waals surface area contributed by atoms with E-state index in [1.807, 2.05) is 31.2 Å². The number of nitrogens with zero attached hydrogens (tertiary/aromatic N) is 1. The fraction of sp³-hybridized carbons (Fsp3) is 0.571. The fourth-order valence-electron chi connectivity index (χ4n) is 2.55. The monoisotopic (exact) mass is 235 g/mol. The van der Waals surface area contributed by atoms with Crippen LogP contribution in [0.2, 0.25) is 0 Å². The van der Waals surface area contributed by atoms with Crippen molar-refractivity contribution in [3.8, 4) is 0 Å². The van der Waals surface area contributed by atoms with E-state index < -0.39 is 11.7 Å². The first-order valence-electron chi connectivity index (χ1n) is 6.24. The third-order valence-electron chi connectivity index (χ3n) is 3.40. The molecule has 0 amide bonds. The molecule has 1 aromatic rings. The molecule has 2 N–H and O–H groups in total. The van der Waals surface area contributed by atoms with Gasteiger partial charge in [-0.25, -0.2) is 0 Å². The van der Waals surface area contributed by atoms with E-state index in [0.29, 0.717) is 6.54 Å². The Balaban J connectivity index is 2.27. The molecule has 17 heavy (non-hydrogen) atoms. The number of piperidine rings is 1. The van der Waals surface area contributed by atoms with Gasteiger partial charge in [0.05, 0.1) is 11.7 Å². The number of anilines is 1. The van der Waals surface area contributed by atoms with Gasteiger partial charge in [-0.05, 0) is 32.8 Å². The second-order valence-electron chi connectivity index (χ2n) is 5.26. The van der Waals surface area contributed by atoms with Gasteiger partial charge in [0.15, 0.2) is 0 Å². The lowest BCUT2D eigenvalue weighted by Gasteiger charge is -2.39. The lowest BCUT2D eigenvalue weighted by atomic mass is 9.94. The molecule has 1 heterocycles. The predicted molar refractivity (Wildman–Crippen MR) is 69.1 cm³/mol. The number of benzene rings is 1. The molecule has 1 aromatic carbocycles. The molecule has 0 aliphatic carbocycles. The molecule has 0 bridgehead atoms. The summed E-state index contributed by atoms with van der Waals surface area (Å²) in [6, 6.07) is 7.88. The van der Waals surface area contributed by atoms with Gasteiger partial charge in [0.25, 0.3) is 0 Å². The Labute approximate surface area is 103 Å². The van der Waals surface area contributed by atoms with Crippen LogP contribution in [0.1, 0.15) is 38.4 Å². The van der Waals surface area contributed by atoms with Crippen LogP contribution in [0.4, 0.5) is 5.69 Å². The van der Waals surface area contributed by atoms with E-state index in [2.05, 4.69) is 4.90 Å². The zero-order valence-electron chi connectivity index (χ0n) is 10.6. The van der Waals surface area contributed by atoms with Gasteiger partial charge < -0.3 is 15.1 Å². The minimum Gasteiger partial charge on any atom is -0.389 e. The second kappa shape index (κ2) is 4.67. The number of aliphatic hydroxyl groups excluding tert-OH is 1. The summed E-state index contributed by atoms with van der Waals surface area (Å²) in [5, 5.41) is 19.9. The van der Waals surface area contributed by atoms with E-state index in [1.54, 1.807) is 6.92 Å². The van der Waals surface area contributed by atoms with Crippen LogP contribution in [-0.2, 0) is 0 Å². The van der Waals surface area contributed by atoms with Crippen LogP contribution in [0, 0.1) is 0 Å². The van der Waals surface area contributed by atoms with Crippen molar-refractivity contribution in [1.82, 2.24) is 0 Å². The average molecular weight is 235 g/mol. The molecule has 3 heteroatoms. The van der Waals surface area contributed by atoms with Crippen LogP contribution >= 0.6 is 0 Å². The lowest BCUT2D eigenvalue weighted by molar-refractivity contribution is 0.0447. The maximum absolute atomic E-state index is 10.1. The molecule has 1 saturated heterocycles. The summed E-state index contributed by atoms with van der Waals surface area (Å²) in [7, 11) is 0. The first kappa shape index (κ1) is 12.4. The highest BCUT2D eigenvalue weighted by molar-refractivity contribution is 5.55. The minimum atomic E-state index is -0.621. The number of para-hydroxylation sites is 1. The van der Waals surface area contributed by atoms with E-state index in [4.69, 9.17) is 0 Å². The number of hydrogen-bond donors (Lipinski definition) is 2. The van der Waals surface area contributed by atoms with Gasteiger partial charge in [-0.1, -0.05) is 18.2 Å². The number of β-amino-alcohol motifs (C(OH)–C–C–N with tert-alkyl or cyclic N) is 1. The molecular weight excluding hydrogens is 214 g/mol. The maximum atomic E-state index is 10.1. The first-order valence-corrected chi connectivity index (χ1v) is 6.24. The van der Waals surface area contributed by atoms with Crippen molar-refractivity contribution < 1.29 is 10.2 Å². The summed E-state index contributed by atoms with van der Waals surface area (Å²) in [5.41, 5.74) is 1.36. The molecule has 0 aromatic heterocycles.